The molecule has 0 aliphatic carbocycles. The molecule has 1 aliphatic rings. The summed E-state index contributed by atoms with van der Waals surface area (Å²) in [5.74, 6) is 0.245. The zero-order chi connectivity index (χ0) is 16.9. The third kappa shape index (κ3) is 4.43. The van der Waals surface area contributed by atoms with Crippen LogP contribution in [0.3, 0.4) is 0 Å². The molecule has 0 aromatic heterocycles. The average Bonchev–Trinajstić information content (AvgIpc) is 2.52. The molecule has 0 saturated carbocycles. The molecule has 1 atom stereocenters. The number of benzene rings is 1. The Labute approximate surface area is 136 Å². The van der Waals surface area contributed by atoms with Crippen molar-refractivity contribution in [1.29, 1.82) is 0 Å². The van der Waals surface area contributed by atoms with E-state index in [0.29, 0.717) is 17.9 Å². The van der Waals surface area contributed by atoms with Crippen molar-refractivity contribution >= 4 is 21.6 Å². The molecule has 1 heterocycles. The lowest BCUT2D eigenvalue weighted by atomic mass is 10.1. The molecule has 1 aromatic carbocycles. The maximum Gasteiger partial charge on any atom is 0.265 e. The summed E-state index contributed by atoms with van der Waals surface area (Å²) in [6.07, 6.45) is 1.98. The third-order valence-corrected chi connectivity index (χ3v) is 4.96. The maximum atomic E-state index is 12.2. The summed E-state index contributed by atoms with van der Waals surface area (Å²) in [6, 6.07) is 4.43. The largest absolute Gasteiger partial charge is 0.478 e. The van der Waals surface area contributed by atoms with Gasteiger partial charge in [-0.1, -0.05) is 13.3 Å². The Morgan fingerprint density at radius 2 is 2.17 bits per heavy atom. The minimum absolute atomic E-state index is 0.0725. The summed E-state index contributed by atoms with van der Waals surface area (Å²) in [5, 5.41) is 2.72. The van der Waals surface area contributed by atoms with Crippen LogP contribution in [-0.4, -0.2) is 40.7 Å². The second-order valence-corrected chi connectivity index (χ2v) is 7.05. The summed E-state index contributed by atoms with van der Waals surface area (Å²) in [6.45, 7) is 2.50. The fourth-order valence-corrected chi connectivity index (χ4v) is 3.28. The molecular weight excluding hydrogens is 320 g/mol. The highest BCUT2D eigenvalue weighted by Gasteiger charge is 2.28. The first-order valence-electron chi connectivity index (χ1n) is 7.58. The molecule has 0 fully saturated rings. The van der Waals surface area contributed by atoms with Gasteiger partial charge in [-0.15, -0.1) is 0 Å². The summed E-state index contributed by atoms with van der Waals surface area (Å²) < 4.78 is 37.2. The Hall–Kier alpha value is -1.64. The van der Waals surface area contributed by atoms with Crippen molar-refractivity contribution in [3.05, 3.63) is 18.2 Å². The molecular formula is C15H22N2O5S. The van der Waals surface area contributed by atoms with E-state index in [9.17, 15) is 13.2 Å². The molecule has 0 saturated heterocycles. The zero-order valence-corrected chi connectivity index (χ0v) is 14.1. The average molecular weight is 342 g/mol. The van der Waals surface area contributed by atoms with Crippen LogP contribution in [0.2, 0.25) is 0 Å². The number of anilines is 1. The van der Waals surface area contributed by atoms with E-state index < -0.39 is 16.1 Å². The number of unbranched alkanes of at least 4 members (excludes halogenated alkanes) is 1. The standard InChI is InChI=1S/C15H22N2O5S/c1-3-4-5-14-15(18)17-12-10-11(6-7-13(12)22-14)23(19,20)16-8-9-21-2/h6-7,10,14,16H,3-5,8-9H2,1-2H3,(H,17,18)/t14-/m1/s1. The molecule has 2 rings (SSSR count). The van der Waals surface area contributed by atoms with Crippen molar-refractivity contribution in [2.75, 3.05) is 25.6 Å². The Morgan fingerprint density at radius 1 is 1.39 bits per heavy atom. The minimum atomic E-state index is -3.65. The number of ether oxygens (including phenoxy) is 2. The van der Waals surface area contributed by atoms with Crippen LogP contribution in [0.1, 0.15) is 26.2 Å². The van der Waals surface area contributed by atoms with Gasteiger partial charge in [0, 0.05) is 13.7 Å². The van der Waals surface area contributed by atoms with Crippen molar-refractivity contribution in [3.8, 4) is 5.75 Å². The molecule has 0 unspecified atom stereocenters. The van der Waals surface area contributed by atoms with Gasteiger partial charge in [-0.2, -0.15) is 0 Å². The van der Waals surface area contributed by atoms with Crippen molar-refractivity contribution < 1.29 is 22.7 Å². The Balaban J connectivity index is 2.15. The number of methoxy groups -OCH3 is 1. The van der Waals surface area contributed by atoms with Gasteiger partial charge in [-0.3, -0.25) is 4.79 Å². The summed E-state index contributed by atoms with van der Waals surface area (Å²) in [5.41, 5.74) is 0.373. The number of nitrogens with one attached hydrogen (secondary N) is 2. The fourth-order valence-electron chi connectivity index (χ4n) is 2.24. The van der Waals surface area contributed by atoms with E-state index in [1.165, 1.54) is 19.2 Å². The van der Waals surface area contributed by atoms with E-state index in [1.807, 2.05) is 6.92 Å². The van der Waals surface area contributed by atoms with Crippen LogP contribution in [-0.2, 0) is 19.6 Å². The zero-order valence-electron chi connectivity index (χ0n) is 13.3. The molecule has 1 aromatic rings. The summed E-state index contributed by atoms with van der Waals surface area (Å²) in [7, 11) is -2.15. The van der Waals surface area contributed by atoms with Crippen molar-refractivity contribution in [2.24, 2.45) is 0 Å². The van der Waals surface area contributed by atoms with Crippen molar-refractivity contribution in [2.45, 2.75) is 37.2 Å². The van der Waals surface area contributed by atoms with E-state index >= 15 is 0 Å². The Bertz CT molecular complexity index is 660. The van der Waals surface area contributed by atoms with Gasteiger partial charge in [0.2, 0.25) is 10.0 Å². The highest BCUT2D eigenvalue weighted by molar-refractivity contribution is 7.89. The van der Waals surface area contributed by atoms with Crippen molar-refractivity contribution in [3.63, 3.8) is 0 Å². The van der Waals surface area contributed by atoms with Crippen LogP contribution in [0.4, 0.5) is 5.69 Å². The third-order valence-electron chi connectivity index (χ3n) is 3.50. The van der Waals surface area contributed by atoms with Crippen LogP contribution < -0.4 is 14.8 Å². The lowest BCUT2D eigenvalue weighted by Gasteiger charge is -2.26. The number of hydrogen-bond acceptors (Lipinski definition) is 5. The molecule has 7 nitrogen and oxygen atoms in total. The Kier molecular flexibility index (Phi) is 5.97. The molecule has 23 heavy (non-hydrogen) atoms. The van der Waals surface area contributed by atoms with Crippen LogP contribution in [0.5, 0.6) is 5.75 Å². The SMILES string of the molecule is CCCC[C@H]1Oc2ccc(S(=O)(=O)NCCOC)cc2NC1=O. The number of amides is 1. The van der Waals surface area contributed by atoms with Crippen LogP contribution in [0.15, 0.2) is 23.1 Å². The highest BCUT2D eigenvalue weighted by atomic mass is 32.2. The predicted molar refractivity (Wildman–Crippen MR) is 86.1 cm³/mol. The Morgan fingerprint density at radius 3 is 2.87 bits per heavy atom. The van der Waals surface area contributed by atoms with Gasteiger partial charge in [-0.25, -0.2) is 13.1 Å². The van der Waals surface area contributed by atoms with E-state index in [1.54, 1.807) is 6.07 Å². The summed E-state index contributed by atoms with van der Waals surface area (Å²) in [4.78, 5) is 12.1. The molecule has 1 amide bonds. The van der Waals surface area contributed by atoms with Gasteiger partial charge < -0.3 is 14.8 Å². The lowest BCUT2D eigenvalue weighted by Crippen LogP contribution is -2.37. The first-order valence-corrected chi connectivity index (χ1v) is 9.06. The van der Waals surface area contributed by atoms with Gasteiger partial charge in [0.05, 0.1) is 17.2 Å². The van der Waals surface area contributed by atoms with Gasteiger partial charge in [0.25, 0.3) is 5.91 Å². The molecule has 128 valence electrons. The first kappa shape index (κ1) is 17.7. The molecule has 0 bridgehead atoms. The number of hydrogen-bond donors (Lipinski definition) is 2. The first-order chi connectivity index (χ1) is 11.0. The molecule has 0 radical (unpaired) electrons. The maximum absolute atomic E-state index is 12.2. The highest BCUT2D eigenvalue weighted by Crippen LogP contribution is 2.32. The number of fused-ring (bicyclic) bond motifs is 1. The minimum Gasteiger partial charge on any atom is -0.478 e. The van der Waals surface area contributed by atoms with E-state index in [4.69, 9.17) is 9.47 Å². The van der Waals surface area contributed by atoms with Crippen LogP contribution >= 0.6 is 0 Å². The number of rotatable bonds is 8. The quantitative estimate of drug-likeness (QED) is 0.698. The van der Waals surface area contributed by atoms with Crippen LogP contribution in [0, 0.1) is 0 Å². The number of carbonyl (C=O) groups excluding carboxylic acids is 1. The monoisotopic (exact) mass is 342 g/mol. The lowest BCUT2D eigenvalue weighted by molar-refractivity contribution is -0.123. The van der Waals surface area contributed by atoms with Crippen LogP contribution in [0.25, 0.3) is 0 Å². The number of sulfonamides is 1. The smallest absolute Gasteiger partial charge is 0.265 e. The van der Waals surface area contributed by atoms with E-state index in [2.05, 4.69) is 10.0 Å². The van der Waals surface area contributed by atoms with Gasteiger partial charge in [0.15, 0.2) is 6.10 Å². The topological polar surface area (TPSA) is 93.7 Å². The second kappa shape index (κ2) is 7.76. The van der Waals surface area contributed by atoms with Gasteiger partial charge in [-0.05, 0) is 31.0 Å². The predicted octanol–water partition coefficient (Wildman–Crippen LogP) is 1.50. The normalized spacial score (nSPS) is 17.3. The number of carbonyl (C=O) groups is 1. The second-order valence-electron chi connectivity index (χ2n) is 5.29. The molecule has 2 N–H and O–H groups in total. The van der Waals surface area contributed by atoms with Crippen molar-refractivity contribution in [1.82, 2.24) is 4.72 Å². The molecule has 0 spiro atoms. The van der Waals surface area contributed by atoms with Gasteiger partial charge in [0.1, 0.15) is 5.75 Å². The molecule has 1 aliphatic heterocycles. The van der Waals surface area contributed by atoms with Gasteiger partial charge >= 0.3 is 0 Å². The fraction of sp³-hybridized carbons (Fsp3) is 0.533. The molecule has 8 heteroatoms. The van der Waals surface area contributed by atoms with E-state index in [0.717, 1.165) is 12.8 Å². The van der Waals surface area contributed by atoms with E-state index in [-0.39, 0.29) is 24.0 Å². The summed E-state index contributed by atoms with van der Waals surface area (Å²) >= 11 is 0.